The highest BCUT2D eigenvalue weighted by Crippen LogP contribution is 1.82. The van der Waals surface area contributed by atoms with Crippen LogP contribution in [0.3, 0.4) is 0 Å². The minimum absolute atomic E-state index is 0.958. The molecule has 0 aromatic rings. The van der Waals surface area contributed by atoms with Crippen molar-refractivity contribution in [2.24, 2.45) is 0 Å². The van der Waals surface area contributed by atoms with E-state index >= 15 is 0 Å². The van der Waals surface area contributed by atoms with Crippen molar-refractivity contribution in [1.82, 2.24) is 0 Å². The Labute approximate surface area is 36.5 Å². The molecular weight excluding hydrogens is 84.1 g/mol. The summed E-state index contributed by atoms with van der Waals surface area (Å²) >= 11 is 0. The van der Waals surface area contributed by atoms with Gasteiger partial charge in [0.05, 0.1) is 0 Å². The largest absolute Gasteiger partial charge is 0.411 e. The zero-order valence-electron chi connectivity index (χ0n) is 5.89. The Morgan fingerprint density at radius 2 is 2.00 bits per heavy atom. The molecule has 5 heavy (non-hydrogen) atoms. The van der Waals surface area contributed by atoms with Gasteiger partial charge in [-0.05, 0) is 13.0 Å². The summed E-state index contributed by atoms with van der Waals surface area (Å²) in [5, 5.41) is 0. The summed E-state index contributed by atoms with van der Waals surface area (Å²) < 4.78 is 19.4. The van der Waals surface area contributed by atoms with Gasteiger partial charge < -0.3 is 9.59 Å². The Bertz CT molecular complexity index is 70.3. The second-order valence-corrected chi connectivity index (χ2v) is 3.06. The van der Waals surface area contributed by atoms with E-state index in [4.69, 9.17) is 13.7 Å². The maximum absolute atomic E-state index is 8.49. The molecular formula is C2H8O2Si. The molecule has 0 aromatic heterocycles. The maximum atomic E-state index is 8.49. The lowest BCUT2D eigenvalue weighted by Gasteiger charge is -1.97. The van der Waals surface area contributed by atoms with Crippen LogP contribution in [-0.4, -0.2) is 18.2 Å². The van der Waals surface area contributed by atoms with Gasteiger partial charge in [-0.3, -0.25) is 0 Å². The molecule has 0 aliphatic rings. The van der Waals surface area contributed by atoms with E-state index in [1.807, 2.05) is 0 Å². The van der Waals surface area contributed by atoms with Gasteiger partial charge >= 0.3 is 8.56 Å². The van der Waals surface area contributed by atoms with Crippen molar-refractivity contribution in [3.63, 3.8) is 0 Å². The van der Waals surface area contributed by atoms with Gasteiger partial charge in [-0.25, -0.2) is 0 Å². The molecule has 0 fully saturated rings. The molecule has 0 rings (SSSR count). The van der Waals surface area contributed by atoms with E-state index in [9.17, 15) is 0 Å². The van der Waals surface area contributed by atoms with Crippen molar-refractivity contribution in [1.29, 1.82) is 0 Å². The minimum Gasteiger partial charge on any atom is -0.411 e. The van der Waals surface area contributed by atoms with Crippen LogP contribution in [0.5, 0.6) is 0 Å². The molecule has 0 aliphatic heterocycles. The zero-order chi connectivity index (χ0) is 7.00. The molecule has 0 bridgehead atoms. The van der Waals surface area contributed by atoms with Crippen LogP contribution >= 0.6 is 0 Å². The van der Waals surface area contributed by atoms with Gasteiger partial charge in [0.2, 0.25) is 0 Å². The molecule has 32 valence electrons. The first-order valence-corrected chi connectivity index (χ1v) is 3.59. The molecule has 3 heteroatoms. The fourth-order valence-corrected chi connectivity index (χ4v) is 0. The quantitative estimate of drug-likeness (QED) is 0.405. The lowest BCUT2D eigenvalue weighted by Crippen LogP contribution is -2.23. The van der Waals surface area contributed by atoms with Gasteiger partial charge in [0.25, 0.3) is 0 Å². The molecule has 0 saturated carbocycles. The first kappa shape index (κ1) is 1.73. The minimum atomic E-state index is -3.86. The van der Waals surface area contributed by atoms with E-state index in [2.05, 4.69) is 0 Å². The second-order valence-electron chi connectivity index (χ2n) is 1.02. The third-order valence-electron chi connectivity index (χ3n) is 0. The second kappa shape index (κ2) is 1.08. The lowest BCUT2D eigenvalue weighted by molar-refractivity contribution is 0.382. The fourth-order valence-electron chi connectivity index (χ4n) is 0. The SMILES string of the molecule is [2H]C([2H])([2H])[Si](C)(O)O. The van der Waals surface area contributed by atoms with Gasteiger partial charge in [0.15, 0.2) is 0 Å². The Morgan fingerprint density at radius 1 is 1.80 bits per heavy atom. The van der Waals surface area contributed by atoms with E-state index in [1.165, 1.54) is 0 Å². The molecule has 0 unspecified atom stereocenters. The predicted molar refractivity (Wildman–Crippen MR) is 21.9 cm³/mol. The Kier molecular flexibility index (Phi) is 0.373. The first-order chi connectivity index (χ1) is 3.25. The van der Waals surface area contributed by atoms with Crippen LogP contribution in [0, 0.1) is 0 Å². The highest BCUT2D eigenvalue weighted by Gasteiger charge is 2.08. The van der Waals surface area contributed by atoms with Crippen LogP contribution in [0.1, 0.15) is 4.11 Å². The Morgan fingerprint density at radius 3 is 2.00 bits per heavy atom. The van der Waals surface area contributed by atoms with E-state index in [0.717, 1.165) is 6.55 Å². The highest BCUT2D eigenvalue weighted by atomic mass is 28.4. The molecule has 0 aromatic carbocycles. The number of hydrogen-bond acceptors (Lipinski definition) is 2. The van der Waals surface area contributed by atoms with Crippen LogP contribution in [0.2, 0.25) is 13.0 Å². The highest BCUT2D eigenvalue weighted by molar-refractivity contribution is 6.61. The molecule has 0 atom stereocenters. The molecule has 0 aliphatic carbocycles. The van der Waals surface area contributed by atoms with Crippen LogP contribution < -0.4 is 0 Å². The third-order valence-corrected chi connectivity index (χ3v) is 0. The van der Waals surface area contributed by atoms with Gasteiger partial charge in [-0.15, -0.1) is 0 Å². The van der Waals surface area contributed by atoms with Crippen LogP contribution in [0.25, 0.3) is 0 Å². The van der Waals surface area contributed by atoms with Crippen LogP contribution in [-0.2, 0) is 0 Å². The van der Waals surface area contributed by atoms with Crippen LogP contribution in [0.4, 0.5) is 0 Å². The molecule has 2 nitrogen and oxygen atoms in total. The smallest absolute Gasteiger partial charge is 0.326 e. The average molecular weight is 95.2 g/mol. The third kappa shape index (κ3) is 1010. The summed E-state index contributed by atoms with van der Waals surface area (Å²) in [5.41, 5.74) is 0. The average Bonchev–Trinajstić information content (AvgIpc) is 1.25. The standard InChI is InChI=1S/C2H8O2Si/c1-5(2,3)4/h3-4H,1-2H3/i1D3. The zero-order valence-corrected chi connectivity index (χ0v) is 3.89. The summed E-state index contributed by atoms with van der Waals surface area (Å²) in [6.07, 6.45) is 0. The molecule has 0 amide bonds. The number of rotatable bonds is 0. The van der Waals surface area contributed by atoms with Gasteiger partial charge in [0, 0.05) is 4.11 Å². The molecule has 0 saturated heterocycles. The van der Waals surface area contributed by atoms with Crippen molar-refractivity contribution in [2.45, 2.75) is 13.0 Å². The molecule has 0 radical (unpaired) electrons. The van der Waals surface area contributed by atoms with Crippen molar-refractivity contribution in [3.8, 4) is 0 Å². The predicted octanol–water partition coefficient (Wildman–Crippen LogP) is -0.327. The Hall–Kier alpha value is 0.137. The lowest BCUT2D eigenvalue weighted by atomic mass is 11.9. The fraction of sp³-hybridized carbons (Fsp3) is 1.00. The van der Waals surface area contributed by atoms with E-state index in [1.54, 1.807) is 0 Å². The van der Waals surface area contributed by atoms with Crippen LogP contribution in [0.15, 0.2) is 0 Å². The maximum Gasteiger partial charge on any atom is 0.326 e. The van der Waals surface area contributed by atoms with E-state index in [0.29, 0.717) is 0 Å². The monoisotopic (exact) mass is 95.0 g/mol. The number of hydrogen-bond donors (Lipinski definition) is 2. The van der Waals surface area contributed by atoms with Gasteiger partial charge in [-0.2, -0.15) is 0 Å². The summed E-state index contributed by atoms with van der Waals surface area (Å²) in [6.45, 7) is -1.60. The van der Waals surface area contributed by atoms with Gasteiger partial charge in [0.1, 0.15) is 0 Å². The van der Waals surface area contributed by atoms with Crippen molar-refractivity contribution < 1.29 is 13.7 Å². The Balaban J connectivity index is 4.02. The molecule has 0 heterocycles. The summed E-state index contributed by atoms with van der Waals surface area (Å²) in [7, 11) is -3.86. The summed E-state index contributed by atoms with van der Waals surface area (Å²) in [6, 6.07) is 0. The van der Waals surface area contributed by atoms with E-state index < -0.39 is 15.0 Å². The summed E-state index contributed by atoms with van der Waals surface area (Å²) in [4.78, 5) is 17.0. The molecule has 2 N–H and O–H groups in total. The van der Waals surface area contributed by atoms with Crippen molar-refractivity contribution >= 4 is 8.56 Å². The van der Waals surface area contributed by atoms with E-state index in [-0.39, 0.29) is 0 Å². The van der Waals surface area contributed by atoms with Crippen molar-refractivity contribution in [3.05, 3.63) is 0 Å². The topological polar surface area (TPSA) is 40.5 Å². The van der Waals surface area contributed by atoms with Gasteiger partial charge in [-0.1, -0.05) is 0 Å². The molecule has 0 spiro atoms. The summed E-state index contributed by atoms with van der Waals surface area (Å²) in [5.74, 6) is 0. The normalized spacial score (nSPS) is 23.4. The first-order valence-electron chi connectivity index (χ1n) is 2.70. The van der Waals surface area contributed by atoms with Crippen molar-refractivity contribution in [2.75, 3.05) is 0 Å².